The van der Waals surface area contributed by atoms with Gasteiger partial charge in [0.1, 0.15) is 16.5 Å². The summed E-state index contributed by atoms with van der Waals surface area (Å²) in [4.78, 5) is 7.05. The van der Waals surface area contributed by atoms with Crippen LogP contribution in [0.5, 0.6) is 11.5 Å². The highest BCUT2D eigenvalue weighted by molar-refractivity contribution is 7.21. The molecule has 0 bridgehead atoms. The summed E-state index contributed by atoms with van der Waals surface area (Å²) in [5, 5.41) is 11.0. The zero-order valence-corrected chi connectivity index (χ0v) is 15.1. The van der Waals surface area contributed by atoms with Crippen molar-refractivity contribution in [1.82, 2.24) is 9.88 Å². The molecule has 0 aliphatic rings. The van der Waals surface area contributed by atoms with Crippen LogP contribution in [0.4, 0.5) is 0 Å². The first-order chi connectivity index (χ1) is 11.6. The summed E-state index contributed by atoms with van der Waals surface area (Å²) >= 11 is 1.60. The van der Waals surface area contributed by atoms with Crippen LogP contribution in [0, 0.1) is 0 Å². The first-order valence-electron chi connectivity index (χ1n) is 8.13. The Bertz CT molecular complexity index is 840. The van der Waals surface area contributed by atoms with Gasteiger partial charge in [0, 0.05) is 12.6 Å². The van der Waals surface area contributed by atoms with E-state index in [9.17, 15) is 5.11 Å². The zero-order valence-electron chi connectivity index (χ0n) is 14.2. The largest absolute Gasteiger partial charge is 0.507 e. The Kier molecular flexibility index (Phi) is 5.02. The van der Waals surface area contributed by atoms with Crippen LogP contribution in [0.1, 0.15) is 19.4 Å². The number of nitrogens with zero attached hydrogens (tertiary/aromatic N) is 2. The average molecular weight is 342 g/mol. The standard InChI is InChI=1S/C19H22N2O2S/c1-4-21(5-2)12-13-6-9-16-18(10-13)24-19(20-16)15-8-7-14(23-3)11-17(15)22/h6-11,22H,4-5,12H2,1-3H3. The zero-order chi connectivity index (χ0) is 17.1. The Balaban J connectivity index is 1.94. The number of phenols is 1. The molecule has 126 valence electrons. The van der Waals surface area contributed by atoms with Crippen molar-refractivity contribution in [3.05, 3.63) is 42.0 Å². The van der Waals surface area contributed by atoms with Gasteiger partial charge in [0.15, 0.2) is 0 Å². The van der Waals surface area contributed by atoms with E-state index in [1.807, 2.05) is 12.1 Å². The Morgan fingerprint density at radius 2 is 1.92 bits per heavy atom. The fraction of sp³-hybridized carbons (Fsp3) is 0.316. The van der Waals surface area contributed by atoms with Crippen LogP contribution >= 0.6 is 11.3 Å². The molecule has 0 amide bonds. The van der Waals surface area contributed by atoms with Crippen LogP contribution in [0.2, 0.25) is 0 Å². The summed E-state index contributed by atoms with van der Waals surface area (Å²) in [7, 11) is 1.59. The van der Waals surface area contributed by atoms with Gasteiger partial charge in [-0.3, -0.25) is 4.90 Å². The van der Waals surface area contributed by atoms with E-state index in [0.29, 0.717) is 5.75 Å². The molecule has 3 aromatic rings. The summed E-state index contributed by atoms with van der Waals surface area (Å²) in [6.07, 6.45) is 0. The minimum absolute atomic E-state index is 0.191. The Morgan fingerprint density at radius 1 is 1.12 bits per heavy atom. The van der Waals surface area contributed by atoms with E-state index in [4.69, 9.17) is 4.74 Å². The lowest BCUT2D eigenvalue weighted by molar-refractivity contribution is 0.296. The van der Waals surface area contributed by atoms with Gasteiger partial charge in [0.2, 0.25) is 0 Å². The number of benzene rings is 2. The van der Waals surface area contributed by atoms with E-state index in [1.165, 1.54) is 5.56 Å². The molecule has 3 rings (SSSR count). The molecule has 24 heavy (non-hydrogen) atoms. The highest BCUT2D eigenvalue weighted by Crippen LogP contribution is 2.37. The van der Waals surface area contributed by atoms with E-state index < -0.39 is 0 Å². The van der Waals surface area contributed by atoms with Gasteiger partial charge in [-0.15, -0.1) is 11.3 Å². The number of thiazole rings is 1. The molecule has 4 nitrogen and oxygen atoms in total. The maximum atomic E-state index is 10.2. The highest BCUT2D eigenvalue weighted by atomic mass is 32.1. The summed E-state index contributed by atoms with van der Waals surface area (Å²) in [6.45, 7) is 7.40. The van der Waals surface area contributed by atoms with Gasteiger partial charge >= 0.3 is 0 Å². The predicted molar refractivity (Wildman–Crippen MR) is 99.9 cm³/mol. The normalized spacial score (nSPS) is 11.3. The molecule has 0 saturated heterocycles. The fourth-order valence-electron chi connectivity index (χ4n) is 2.71. The van der Waals surface area contributed by atoms with Gasteiger partial charge in [-0.05, 0) is 42.9 Å². The second-order valence-corrected chi connectivity index (χ2v) is 6.70. The van der Waals surface area contributed by atoms with Gasteiger partial charge in [-0.1, -0.05) is 19.9 Å². The van der Waals surface area contributed by atoms with Crippen LogP contribution in [-0.4, -0.2) is 35.2 Å². The lowest BCUT2D eigenvalue weighted by atomic mass is 10.2. The van der Waals surface area contributed by atoms with E-state index in [0.717, 1.165) is 40.4 Å². The molecule has 0 aliphatic carbocycles. The molecule has 0 spiro atoms. The van der Waals surface area contributed by atoms with Crippen LogP contribution in [-0.2, 0) is 6.54 Å². The maximum Gasteiger partial charge on any atom is 0.129 e. The minimum atomic E-state index is 0.191. The van der Waals surface area contributed by atoms with Crippen molar-refractivity contribution < 1.29 is 9.84 Å². The number of phenolic OH excluding ortho intramolecular Hbond substituents is 1. The summed E-state index contributed by atoms with van der Waals surface area (Å²) in [6, 6.07) is 11.7. The number of rotatable bonds is 6. The molecule has 0 saturated carbocycles. The number of methoxy groups -OCH3 is 1. The lowest BCUT2D eigenvalue weighted by Gasteiger charge is -2.17. The van der Waals surface area contributed by atoms with Crippen LogP contribution in [0.25, 0.3) is 20.8 Å². The number of hydrogen-bond acceptors (Lipinski definition) is 5. The highest BCUT2D eigenvalue weighted by Gasteiger charge is 2.12. The van der Waals surface area contributed by atoms with Crippen LogP contribution < -0.4 is 4.74 Å². The van der Waals surface area contributed by atoms with Crippen LogP contribution in [0.15, 0.2) is 36.4 Å². The lowest BCUT2D eigenvalue weighted by Crippen LogP contribution is -2.21. The SMILES string of the molecule is CCN(CC)Cc1ccc2nc(-c3ccc(OC)cc3O)sc2c1. The molecular formula is C19H22N2O2S. The Morgan fingerprint density at radius 3 is 2.58 bits per heavy atom. The summed E-state index contributed by atoms with van der Waals surface area (Å²) < 4.78 is 6.28. The fourth-order valence-corrected chi connectivity index (χ4v) is 3.77. The number of ether oxygens (including phenoxy) is 1. The molecule has 0 unspecified atom stereocenters. The molecular weight excluding hydrogens is 320 g/mol. The molecule has 0 atom stereocenters. The molecule has 2 aromatic carbocycles. The van der Waals surface area contributed by atoms with Crippen molar-refractivity contribution >= 4 is 21.6 Å². The van der Waals surface area contributed by atoms with Crippen molar-refractivity contribution in [2.75, 3.05) is 20.2 Å². The number of aromatic nitrogens is 1. The number of aromatic hydroxyl groups is 1. The van der Waals surface area contributed by atoms with Crippen molar-refractivity contribution in [2.24, 2.45) is 0 Å². The van der Waals surface area contributed by atoms with Crippen molar-refractivity contribution in [2.45, 2.75) is 20.4 Å². The maximum absolute atomic E-state index is 10.2. The first-order valence-corrected chi connectivity index (χ1v) is 8.95. The van der Waals surface area contributed by atoms with E-state index in [1.54, 1.807) is 24.5 Å². The van der Waals surface area contributed by atoms with Gasteiger partial charge in [-0.2, -0.15) is 0 Å². The molecule has 5 heteroatoms. The van der Waals surface area contributed by atoms with E-state index in [-0.39, 0.29) is 5.75 Å². The molecule has 1 aromatic heterocycles. The smallest absolute Gasteiger partial charge is 0.129 e. The minimum Gasteiger partial charge on any atom is -0.507 e. The Hall–Kier alpha value is -2.11. The Labute approximate surface area is 146 Å². The van der Waals surface area contributed by atoms with Gasteiger partial charge < -0.3 is 9.84 Å². The second kappa shape index (κ2) is 7.20. The van der Waals surface area contributed by atoms with E-state index in [2.05, 4.69) is 41.9 Å². The quantitative estimate of drug-likeness (QED) is 0.715. The number of fused-ring (bicyclic) bond motifs is 1. The average Bonchev–Trinajstić information content (AvgIpc) is 3.02. The third-order valence-electron chi connectivity index (χ3n) is 4.19. The summed E-state index contributed by atoms with van der Waals surface area (Å²) in [5.74, 6) is 0.829. The third kappa shape index (κ3) is 3.37. The predicted octanol–water partition coefficient (Wildman–Crippen LogP) is 4.52. The molecule has 1 N–H and O–H groups in total. The van der Waals surface area contributed by atoms with Crippen molar-refractivity contribution in [3.8, 4) is 22.1 Å². The topological polar surface area (TPSA) is 45.6 Å². The van der Waals surface area contributed by atoms with Crippen molar-refractivity contribution in [1.29, 1.82) is 0 Å². The van der Waals surface area contributed by atoms with E-state index >= 15 is 0 Å². The van der Waals surface area contributed by atoms with Crippen molar-refractivity contribution in [3.63, 3.8) is 0 Å². The number of hydrogen-bond donors (Lipinski definition) is 1. The second-order valence-electron chi connectivity index (χ2n) is 5.67. The molecule has 1 heterocycles. The summed E-state index contributed by atoms with van der Waals surface area (Å²) in [5.41, 5.74) is 3.00. The monoisotopic (exact) mass is 342 g/mol. The molecule has 0 aliphatic heterocycles. The molecule has 0 radical (unpaired) electrons. The van der Waals surface area contributed by atoms with Crippen LogP contribution in [0.3, 0.4) is 0 Å². The first kappa shape index (κ1) is 16.7. The molecule has 0 fully saturated rings. The van der Waals surface area contributed by atoms with Gasteiger partial charge in [-0.25, -0.2) is 4.98 Å². The van der Waals surface area contributed by atoms with Gasteiger partial charge in [0.25, 0.3) is 0 Å². The van der Waals surface area contributed by atoms with Gasteiger partial charge in [0.05, 0.1) is 22.9 Å². The third-order valence-corrected chi connectivity index (χ3v) is 5.24.